The van der Waals surface area contributed by atoms with Crippen LogP contribution in [-0.4, -0.2) is 23.6 Å². The number of rotatable bonds is 4. The number of nitrogens with zero attached hydrogens (tertiary/aromatic N) is 1. The maximum Gasteiger partial charge on any atom is 0.295 e. The summed E-state index contributed by atoms with van der Waals surface area (Å²) in [5, 5.41) is 0.976. The zero-order chi connectivity index (χ0) is 19.8. The quantitative estimate of drug-likeness (QED) is 0.477. The van der Waals surface area contributed by atoms with Gasteiger partial charge in [0.15, 0.2) is 0 Å². The SMILES string of the molecule is CC(c1cc2ccccc2o1)N(C)C(=O)C(=O)c1ccc(C(C)(C)C)cc1. The van der Waals surface area contributed by atoms with Crippen molar-refractivity contribution in [2.75, 3.05) is 7.05 Å². The van der Waals surface area contributed by atoms with Crippen molar-refractivity contribution < 1.29 is 14.0 Å². The summed E-state index contributed by atoms with van der Waals surface area (Å²) in [5.74, 6) is -0.407. The number of ketones is 1. The number of fused-ring (bicyclic) bond motifs is 1. The van der Waals surface area contributed by atoms with Crippen molar-refractivity contribution in [2.45, 2.75) is 39.2 Å². The summed E-state index contributed by atoms with van der Waals surface area (Å²) in [7, 11) is 1.63. The third kappa shape index (κ3) is 3.80. The van der Waals surface area contributed by atoms with Crippen LogP contribution in [0.1, 0.15) is 55.4 Å². The molecule has 0 radical (unpaired) electrons. The number of likely N-dealkylation sites (N-methyl/N-ethyl adjacent to an activating group) is 1. The van der Waals surface area contributed by atoms with E-state index in [1.807, 2.05) is 49.4 Å². The predicted molar refractivity (Wildman–Crippen MR) is 107 cm³/mol. The molecule has 140 valence electrons. The fourth-order valence-electron chi connectivity index (χ4n) is 2.98. The molecule has 0 saturated carbocycles. The average molecular weight is 363 g/mol. The summed E-state index contributed by atoms with van der Waals surface area (Å²) >= 11 is 0. The van der Waals surface area contributed by atoms with E-state index in [-0.39, 0.29) is 11.5 Å². The first kappa shape index (κ1) is 18.9. The van der Waals surface area contributed by atoms with Gasteiger partial charge in [-0.1, -0.05) is 63.2 Å². The third-order valence-corrected chi connectivity index (χ3v) is 4.96. The molecular weight excluding hydrogens is 338 g/mol. The van der Waals surface area contributed by atoms with Crippen LogP contribution >= 0.6 is 0 Å². The molecule has 0 aliphatic rings. The Morgan fingerprint density at radius 3 is 2.22 bits per heavy atom. The number of carbonyl (C=O) groups excluding carboxylic acids is 2. The number of hydrogen-bond acceptors (Lipinski definition) is 3. The minimum absolute atomic E-state index is 0.00180. The van der Waals surface area contributed by atoms with Gasteiger partial charge in [0.25, 0.3) is 5.91 Å². The molecule has 0 aliphatic heterocycles. The first-order valence-corrected chi connectivity index (χ1v) is 9.09. The number of para-hydroxylation sites is 1. The lowest BCUT2D eigenvalue weighted by atomic mass is 9.86. The molecule has 27 heavy (non-hydrogen) atoms. The standard InChI is InChI=1S/C23H25NO3/c1-15(20-14-17-8-6-7-9-19(17)27-20)24(5)22(26)21(25)16-10-12-18(13-11-16)23(2,3)4/h6-15H,1-5H3. The summed E-state index contributed by atoms with van der Waals surface area (Å²) in [4.78, 5) is 26.8. The Labute approximate surface area is 159 Å². The van der Waals surface area contributed by atoms with Gasteiger partial charge in [0.1, 0.15) is 11.3 Å². The number of benzene rings is 2. The van der Waals surface area contributed by atoms with Crippen LogP contribution in [0.25, 0.3) is 11.0 Å². The maximum atomic E-state index is 12.7. The molecule has 0 N–H and O–H groups in total. The van der Waals surface area contributed by atoms with Crippen molar-refractivity contribution in [1.29, 1.82) is 0 Å². The second-order valence-electron chi connectivity index (χ2n) is 7.94. The van der Waals surface area contributed by atoms with E-state index in [1.165, 1.54) is 4.90 Å². The van der Waals surface area contributed by atoms with E-state index in [2.05, 4.69) is 20.8 Å². The third-order valence-electron chi connectivity index (χ3n) is 4.96. The van der Waals surface area contributed by atoms with Gasteiger partial charge in [-0.3, -0.25) is 9.59 Å². The van der Waals surface area contributed by atoms with Gasteiger partial charge in [0.2, 0.25) is 5.78 Å². The molecule has 4 heteroatoms. The largest absolute Gasteiger partial charge is 0.459 e. The predicted octanol–water partition coefficient (Wildman–Crippen LogP) is 5.13. The first-order chi connectivity index (χ1) is 12.7. The molecule has 0 fully saturated rings. The zero-order valence-corrected chi connectivity index (χ0v) is 16.4. The molecule has 1 aromatic heterocycles. The van der Waals surface area contributed by atoms with Gasteiger partial charge >= 0.3 is 0 Å². The summed E-state index contributed by atoms with van der Waals surface area (Å²) in [5.41, 5.74) is 2.29. The Bertz CT molecular complexity index is 944. The fourth-order valence-corrected chi connectivity index (χ4v) is 2.98. The van der Waals surface area contributed by atoms with Gasteiger partial charge in [0, 0.05) is 18.0 Å². The van der Waals surface area contributed by atoms with Crippen LogP contribution in [0.4, 0.5) is 0 Å². The number of amides is 1. The molecule has 1 atom stereocenters. The van der Waals surface area contributed by atoms with Gasteiger partial charge in [-0.05, 0) is 30.0 Å². The van der Waals surface area contributed by atoms with E-state index in [1.54, 1.807) is 19.2 Å². The van der Waals surface area contributed by atoms with E-state index in [9.17, 15) is 9.59 Å². The molecule has 3 rings (SSSR count). The number of furan rings is 1. The Hall–Kier alpha value is -2.88. The van der Waals surface area contributed by atoms with E-state index in [4.69, 9.17) is 4.42 Å². The van der Waals surface area contributed by atoms with Gasteiger partial charge in [-0.25, -0.2) is 0 Å². The molecule has 1 unspecified atom stereocenters. The minimum atomic E-state index is -0.550. The average Bonchev–Trinajstić information content (AvgIpc) is 3.09. The van der Waals surface area contributed by atoms with E-state index >= 15 is 0 Å². The summed E-state index contributed by atoms with van der Waals surface area (Å²) < 4.78 is 5.83. The van der Waals surface area contributed by atoms with Crippen LogP contribution in [0.2, 0.25) is 0 Å². The lowest BCUT2D eigenvalue weighted by Crippen LogP contribution is -2.35. The Balaban J connectivity index is 1.78. The topological polar surface area (TPSA) is 50.5 Å². The molecule has 2 aromatic carbocycles. The Morgan fingerprint density at radius 2 is 1.63 bits per heavy atom. The summed E-state index contributed by atoms with van der Waals surface area (Å²) in [6.07, 6.45) is 0. The van der Waals surface area contributed by atoms with Crippen molar-refractivity contribution in [3.05, 3.63) is 71.5 Å². The molecule has 0 aliphatic carbocycles. The summed E-state index contributed by atoms with van der Waals surface area (Å²) in [6, 6.07) is 16.5. The van der Waals surface area contributed by atoms with Gasteiger partial charge in [-0.2, -0.15) is 0 Å². The number of hydrogen-bond donors (Lipinski definition) is 0. The first-order valence-electron chi connectivity index (χ1n) is 9.09. The van der Waals surface area contributed by atoms with Gasteiger partial charge in [0.05, 0.1) is 6.04 Å². The second-order valence-corrected chi connectivity index (χ2v) is 7.94. The normalized spacial score (nSPS) is 12.8. The van der Waals surface area contributed by atoms with Crippen LogP contribution in [-0.2, 0) is 10.2 Å². The highest BCUT2D eigenvalue weighted by molar-refractivity contribution is 6.42. The number of Topliss-reactive ketones (excluding diaryl/α,β-unsaturated/α-hetero) is 1. The lowest BCUT2D eigenvalue weighted by molar-refractivity contribution is -0.127. The lowest BCUT2D eigenvalue weighted by Gasteiger charge is -2.23. The molecule has 0 spiro atoms. The smallest absolute Gasteiger partial charge is 0.295 e. The van der Waals surface area contributed by atoms with Crippen LogP contribution in [0, 0.1) is 0 Å². The number of carbonyl (C=O) groups is 2. The van der Waals surface area contributed by atoms with Gasteiger partial charge in [-0.15, -0.1) is 0 Å². The second kappa shape index (κ2) is 7.03. The van der Waals surface area contributed by atoms with E-state index < -0.39 is 11.7 Å². The molecule has 0 saturated heterocycles. The fraction of sp³-hybridized carbons (Fsp3) is 0.304. The molecule has 0 bridgehead atoms. The highest BCUT2D eigenvalue weighted by Crippen LogP contribution is 2.27. The monoisotopic (exact) mass is 363 g/mol. The summed E-state index contributed by atoms with van der Waals surface area (Å²) in [6.45, 7) is 8.18. The van der Waals surface area contributed by atoms with Crippen molar-refractivity contribution in [1.82, 2.24) is 4.90 Å². The van der Waals surface area contributed by atoms with E-state index in [0.29, 0.717) is 11.3 Å². The molecular formula is C23H25NO3. The van der Waals surface area contributed by atoms with Crippen LogP contribution in [0.5, 0.6) is 0 Å². The highest BCUT2D eigenvalue weighted by atomic mass is 16.3. The molecule has 4 nitrogen and oxygen atoms in total. The Kier molecular flexibility index (Phi) is 4.92. The van der Waals surface area contributed by atoms with Crippen LogP contribution in [0.3, 0.4) is 0 Å². The van der Waals surface area contributed by atoms with Gasteiger partial charge < -0.3 is 9.32 Å². The highest BCUT2D eigenvalue weighted by Gasteiger charge is 2.27. The molecule has 1 amide bonds. The van der Waals surface area contributed by atoms with Crippen LogP contribution < -0.4 is 0 Å². The van der Waals surface area contributed by atoms with E-state index in [0.717, 1.165) is 16.5 Å². The maximum absolute atomic E-state index is 12.7. The van der Waals surface area contributed by atoms with Crippen molar-refractivity contribution in [3.8, 4) is 0 Å². The minimum Gasteiger partial charge on any atom is -0.459 e. The van der Waals surface area contributed by atoms with Crippen molar-refractivity contribution >= 4 is 22.7 Å². The molecule has 1 heterocycles. The zero-order valence-electron chi connectivity index (χ0n) is 16.4. The van der Waals surface area contributed by atoms with Crippen LogP contribution in [0.15, 0.2) is 59.0 Å². The molecule has 3 aromatic rings. The Morgan fingerprint density at radius 1 is 1.00 bits per heavy atom. The van der Waals surface area contributed by atoms with Crippen molar-refractivity contribution in [2.24, 2.45) is 0 Å². The van der Waals surface area contributed by atoms with Crippen molar-refractivity contribution in [3.63, 3.8) is 0 Å².